The first-order chi connectivity index (χ1) is 9.11. The normalized spacial score (nSPS) is 11.8. The SMILES string of the molecule is COCCN(Cc1nc(N)c2ccsc2n1)C(C)C. The van der Waals surface area contributed by atoms with Gasteiger partial charge in [-0.3, -0.25) is 4.90 Å². The average Bonchev–Trinajstić information content (AvgIpc) is 2.82. The van der Waals surface area contributed by atoms with Gasteiger partial charge < -0.3 is 10.5 Å². The second-order valence-electron chi connectivity index (χ2n) is 4.72. The van der Waals surface area contributed by atoms with Crippen LogP contribution in [-0.2, 0) is 11.3 Å². The van der Waals surface area contributed by atoms with Crippen LogP contribution in [0.15, 0.2) is 11.4 Å². The molecule has 6 heteroatoms. The topological polar surface area (TPSA) is 64.3 Å². The smallest absolute Gasteiger partial charge is 0.146 e. The van der Waals surface area contributed by atoms with Crippen LogP contribution in [0.5, 0.6) is 0 Å². The number of aromatic nitrogens is 2. The maximum atomic E-state index is 5.97. The maximum Gasteiger partial charge on any atom is 0.146 e. The molecule has 0 aliphatic heterocycles. The molecule has 104 valence electrons. The third kappa shape index (κ3) is 3.40. The first-order valence-corrected chi connectivity index (χ1v) is 7.22. The molecule has 0 saturated heterocycles. The van der Waals surface area contributed by atoms with E-state index in [0.717, 1.165) is 22.6 Å². The van der Waals surface area contributed by atoms with E-state index in [1.165, 1.54) is 0 Å². The number of fused-ring (bicyclic) bond motifs is 1. The van der Waals surface area contributed by atoms with Crippen molar-refractivity contribution in [2.45, 2.75) is 26.4 Å². The van der Waals surface area contributed by atoms with Crippen LogP contribution in [0.3, 0.4) is 0 Å². The van der Waals surface area contributed by atoms with Crippen LogP contribution in [0.1, 0.15) is 19.7 Å². The number of rotatable bonds is 6. The first-order valence-electron chi connectivity index (χ1n) is 6.34. The number of nitrogens with zero attached hydrogens (tertiary/aromatic N) is 3. The molecule has 2 N–H and O–H groups in total. The van der Waals surface area contributed by atoms with Gasteiger partial charge in [0.25, 0.3) is 0 Å². The zero-order valence-corrected chi connectivity index (χ0v) is 12.4. The minimum atomic E-state index is 0.416. The number of hydrogen-bond donors (Lipinski definition) is 1. The third-order valence-corrected chi connectivity index (χ3v) is 3.86. The Labute approximate surface area is 117 Å². The molecule has 0 unspecified atom stereocenters. The summed E-state index contributed by atoms with van der Waals surface area (Å²) in [6, 6.07) is 2.38. The molecular formula is C13H20N4OS. The standard InChI is InChI=1S/C13H20N4OS/c1-9(2)17(5-6-18-3)8-11-15-12(14)10-4-7-19-13(10)16-11/h4,7,9H,5-6,8H2,1-3H3,(H2,14,15,16). The lowest BCUT2D eigenvalue weighted by Crippen LogP contribution is -2.34. The summed E-state index contributed by atoms with van der Waals surface area (Å²) in [4.78, 5) is 12.2. The van der Waals surface area contributed by atoms with E-state index in [4.69, 9.17) is 10.5 Å². The summed E-state index contributed by atoms with van der Waals surface area (Å²) in [6.07, 6.45) is 0. The molecule has 2 aromatic heterocycles. The second kappa shape index (κ2) is 6.27. The van der Waals surface area contributed by atoms with Crippen molar-refractivity contribution in [2.75, 3.05) is 26.0 Å². The molecule has 0 fully saturated rings. The van der Waals surface area contributed by atoms with Crippen LogP contribution in [0.4, 0.5) is 5.82 Å². The van der Waals surface area contributed by atoms with Gasteiger partial charge in [-0.15, -0.1) is 11.3 Å². The summed E-state index contributed by atoms with van der Waals surface area (Å²) in [6.45, 7) is 6.57. The molecule has 2 heterocycles. The summed E-state index contributed by atoms with van der Waals surface area (Å²) >= 11 is 1.59. The molecule has 0 saturated carbocycles. The summed E-state index contributed by atoms with van der Waals surface area (Å²) < 4.78 is 5.14. The van der Waals surface area contributed by atoms with E-state index in [1.807, 2.05) is 11.4 Å². The number of anilines is 1. The van der Waals surface area contributed by atoms with Gasteiger partial charge in [0.05, 0.1) is 18.5 Å². The van der Waals surface area contributed by atoms with E-state index in [2.05, 4.69) is 28.7 Å². The highest BCUT2D eigenvalue weighted by molar-refractivity contribution is 7.16. The summed E-state index contributed by atoms with van der Waals surface area (Å²) in [7, 11) is 1.71. The Morgan fingerprint density at radius 2 is 2.21 bits per heavy atom. The molecule has 19 heavy (non-hydrogen) atoms. The van der Waals surface area contributed by atoms with Crippen molar-refractivity contribution in [1.82, 2.24) is 14.9 Å². The molecule has 0 bridgehead atoms. The predicted molar refractivity (Wildman–Crippen MR) is 79.2 cm³/mol. The fourth-order valence-electron chi connectivity index (χ4n) is 1.91. The van der Waals surface area contributed by atoms with Crippen molar-refractivity contribution in [3.8, 4) is 0 Å². The molecule has 0 aromatic carbocycles. The number of nitrogen functional groups attached to an aromatic ring is 1. The van der Waals surface area contributed by atoms with Gasteiger partial charge in [-0.2, -0.15) is 0 Å². The van der Waals surface area contributed by atoms with E-state index in [9.17, 15) is 0 Å². The summed E-state index contributed by atoms with van der Waals surface area (Å²) in [5.41, 5.74) is 5.97. The quantitative estimate of drug-likeness (QED) is 0.878. The summed E-state index contributed by atoms with van der Waals surface area (Å²) in [5.74, 6) is 1.34. The minimum Gasteiger partial charge on any atom is -0.383 e. The molecular weight excluding hydrogens is 260 g/mol. The van der Waals surface area contributed by atoms with Crippen molar-refractivity contribution < 1.29 is 4.74 Å². The number of hydrogen-bond acceptors (Lipinski definition) is 6. The fraction of sp³-hybridized carbons (Fsp3) is 0.538. The van der Waals surface area contributed by atoms with Gasteiger partial charge in [-0.25, -0.2) is 9.97 Å². The van der Waals surface area contributed by atoms with E-state index in [0.29, 0.717) is 25.0 Å². The lowest BCUT2D eigenvalue weighted by molar-refractivity contribution is 0.123. The first kappa shape index (κ1) is 14.2. The molecule has 0 amide bonds. The molecule has 5 nitrogen and oxygen atoms in total. The van der Waals surface area contributed by atoms with Crippen LogP contribution in [-0.4, -0.2) is 41.2 Å². The van der Waals surface area contributed by atoms with Gasteiger partial charge in [0, 0.05) is 19.7 Å². The molecule has 0 atom stereocenters. The number of thiophene rings is 1. The van der Waals surface area contributed by atoms with Gasteiger partial charge >= 0.3 is 0 Å². The Bertz CT molecular complexity index is 540. The molecule has 2 aromatic rings. The van der Waals surface area contributed by atoms with Crippen LogP contribution in [0.25, 0.3) is 10.2 Å². The fourth-order valence-corrected chi connectivity index (χ4v) is 2.70. The van der Waals surface area contributed by atoms with Crippen LogP contribution in [0.2, 0.25) is 0 Å². The monoisotopic (exact) mass is 280 g/mol. The van der Waals surface area contributed by atoms with Gasteiger partial charge in [0.15, 0.2) is 0 Å². The van der Waals surface area contributed by atoms with Gasteiger partial charge in [0.2, 0.25) is 0 Å². The number of ether oxygens (including phenoxy) is 1. The zero-order chi connectivity index (χ0) is 13.8. The Morgan fingerprint density at radius 1 is 1.42 bits per heavy atom. The Kier molecular flexibility index (Phi) is 4.68. The van der Waals surface area contributed by atoms with E-state index < -0.39 is 0 Å². The molecule has 0 radical (unpaired) electrons. The minimum absolute atomic E-state index is 0.416. The number of nitrogens with two attached hydrogens (primary N) is 1. The predicted octanol–water partition coefficient (Wildman–Crippen LogP) is 2.13. The van der Waals surface area contributed by atoms with Gasteiger partial charge in [-0.05, 0) is 25.3 Å². The Hall–Kier alpha value is -1.24. The lowest BCUT2D eigenvalue weighted by Gasteiger charge is -2.25. The number of methoxy groups -OCH3 is 1. The average molecular weight is 280 g/mol. The van der Waals surface area contributed by atoms with Gasteiger partial charge in [0.1, 0.15) is 16.5 Å². The van der Waals surface area contributed by atoms with Crippen molar-refractivity contribution in [3.05, 3.63) is 17.3 Å². The second-order valence-corrected chi connectivity index (χ2v) is 5.62. The molecule has 0 aliphatic rings. The highest BCUT2D eigenvalue weighted by atomic mass is 32.1. The van der Waals surface area contributed by atoms with Crippen LogP contribution >= 0.6 is 11.3 Å². The lowest BCUT2D eigenvalue weighted by atomic mass is 10.3. The van der Waals surface area contributed by atoms with E-state index in [1.54, 1.807) is 18.4 Å². The summed E-state index contributed by atoms with van der Waals surface area (Å²) in [5, 5.41) is 2.94. The highest BCUT2D eigenvalue weighted by Gasteiger charge is 2.13. The maximum absolute atomic E-state index is 5.97. The van der Waals surface area contributed by atoms with Crippen molar-refractivity contribution in [3.63, 3.8) is 0 Å². The van der Waals surface area contributed by atoms with E-state index >= 15 is 0 Å². The van der Waals surface area contributed by atoms with Crippen molar-refractivity contribution in [2.24, 2.45) is 0 Å². The highest BCUT2D eigenvalue weighted by Crippen LogP contribution is 2.23. The Morgan fingerprint density at radius 3 is 2.89 bits per heavy atom. The van der Waals surface area contributed by atoms with E-state index in [-0.39, 0.29) is 0 Å². The largest absolute Gasteiger partial charge is 0.383 e. The Balaban J connectivity index is 2.18. The molecule has 0 aliphatic carbocycles. The van der Waals surface area contributed by atoms with Crippen molar-refractivity contribution in [1.29, 1.82) is 0 Å². The van der Waals surface area contributed by atoms with Crippen LogP contribution in [0, 0.1) is 0 Å². The van der Waals surface area contributed by atoms with Crippen LogP contribution < -0.4 is 5.73 Å². The third-order valence-electron chi connectivity index (χ3n) is 3.06. The van der Waals surface area contributed by atoms with Crippen molar-refractivity contribution >= 4 is 27.4 Å². The molecule has 0 spiro atoms. The van der Waals surface area contributed by atoms with Gasteiger partial charge in [-0.1, -0.05) is 0 Å². The zero-order valence-electron chi connectivity index (χ0n) is 11.6. The molecule has 2 rings (SSSR count).